The van der Waals surface area contributed by atoms with E-state index in [2.05, 4.69) is 15.5 Å². The van der Waals surface area contributed by atoms with Gasteiger partial charge < -0.3 is 9.73 Å². The van der Waals surface area contributed by atoms with Gasteiger partial charge in [0.05, 0.1) is 23.7 Å². The summed E-state index contributed by atoms with van der Waals surface area (Å²) in [6.07, 6.45) is 0.617. The molecule has 4 nitrogen and oxygen atoms in total. The summed E-state index contributed by atoms with van der Waals surface area (Å²) in [7, 11) is 0. The fraction of sp³-hybridized carbons (Fsp3) is 0.125. The molecule has 1 heterocycles. The lowest BCUT2D eigenvalue weighted by atomic mass is 10.2. The largest absolute Gasteiger partial charge is 0.423 e. The summed E-state index contributed by atoms with van der Waals surface area (Å²) in [5.74, 6) is 1.09. The van der Waals surface area contributed by atoms with Crippen LogP contribution in [0.4, 0.5) is 5.69 Å². The number of halogens is 2. The Hall–Kier alpha value is -2.04. The van der Waals surface area contributed by atoms with Crippen molar-refractivity contribution in [3.05, 3.63) is 75.9 Å². The monoisotopic (exact) mass is 333 g/mol. The third-order valence-corrected chi connectivity index (χ3v) is 3.63. The molecule has 0 amide bonds. The van der Waals surface area contributed by atoms with E-state index in [9.17, 15) is 0 Å². The minimum atomic E-state index is 0.391. The number of benzene rings is 2. The molecule has 0 spiro atoms. The van der Waals surface area contributed by atoms with Crippen molar-refractivity contribution in [2.75, 3.05) is 5.32 Å². The van der Waals surface area contributed by atoms with Crippen LogP contribution in [0, 0.1) is 0 Å². The molecule has 0 aliphatic heterocycles. The molecule has 0 aliphatic carbocycles. The fourth-order valence-electron chi connectivity index (χ4n) is 2.01. The highest BCUT2D eigenvalue weighted by molar-refractivity contribution is 6.35. The van der Waals surface area contributed by atoms with Crippen molar-refractivity contribution in [1.82, 2.24) is 10.2 Å². The zero-order valence-electron chi connectivity index (χ0n) is 11.6. The van der Waals surface area contributed by atoms with Crippen molar-refractivity contribution >= 4 is 28.9 Å². The van der Waals surface area contributed by atoms with Gasteiger partial charge in [-0.15, -0.1) is 10.2 Å². The molecule has 0 aliphatic rings. The molecule has 2 aromatic carbocycles. The van der Waals surface area contributed by atoms with Gasteiger partial charge in [-0.2, -0.15) is 0 Å². The van der Waals surface area contributed by atoms with E-state index in [1.165, 1.54) is 0 Å². The van der Waals surface area contributed by atoms with Gasteiger partial charge in [0.2, 0.25) is 11.8 Å². The molecule has 0 saturated carbocycles. The van der Waals surface area contributed by atoms with Crippen LogP contribution in [0.15, 0.2) is 52.9 Å². The molecular formula is C16H13Cl2N3O. The number of aromatic nitrogens is 2. The van der Waals surface area contributed by atoms with Crippen molar-refractivity contribution in [3.8, 4) is 0 Å². The number of anilines is 1. The van der Waals surface area contributed by atoms with E-state index in [0.29, 0.717) is 34.8 Å². The average Bonchev–Trinajstić information content (AvgIpc) is 2.97. The maximum atomic E-state index is 6.09. The van der Waals surface area contributed by atoms with Crippen molar-refractivity contribution in [3.63, 3.8) is 0 Å². The SMILES string of the molecule is Clc1ccc(Cl)c(NCc2nnc(Cc3ccccc3)o2)c1. The van der Waals surface area contributed by atoms with Crippen LogP contribution in [0.5, 0.6) is 0 Å². The Balaban J connectivity index is 1.63. The second kappa shape index (κ2) is 6.81. The van der Waals surface area contributed by atoms with Gasteiger partial charge in [-0.05, 0) is 23.8 Å². The van der Waals surface area contributed by atoms with Gasteiger partial charge >= 0.3 is 0 Å². The zero-order valence-corrected chi connectivity index (χ0v) is 13.1. The smallest absolute Gasteiger partial charge is 0.235 e. The van der Waals surface area contributed by atoms with Crippen molar-refractivity contribution in [1.29, 1.82) is 0 Å². The predicted molar refractivity (Wildman–Crippen MR) is 87.3 cm³/mol. The van der Waals surface area contributed by atoms with Gasteiger partial charge in [-0.1, -0.05) is 53.5 Å². The van der Waals surface area contributed by atoms with E-state index in [-0.39, 0.29) is 0 Å². The Morgan fingerprint density at radius 3 is 2.55 bits per heavy atom. The quantitative estimate of drug-likeness (QED) is 0.742. The minimum absolute atomic E-state index is 0.391. The molecule has 0 saturated heterocycles. The molecule has 0 atom stereocenters. The highest BCUT2D eigenvalue weighted by Crippen LogP contribution is 2.25. The van der Waals surface area contributed by atoms with Crippen molar-refractivity contribution in [2.45, 2.75) is 13.0 Å². The van der Waals surface area contributed by atoms with E-state index >= 15 is 0 Å². The van der Waals surface area contributed by atoms with Crippen molar-refractivity contribution < 1.29 is 4.42 Å². The van der Waals surface area contributed by atoms with Gasteiger partial charge in [0.1, 0.15) is 0 Å². The lowest BCUT2D eigenvalue weighted by molar-refractivity contribution is 0.464. The van der Waals surface area contributed by atoms with Crippen LogP contribution in [0.2, 0.25) is 10.0 Å². The molecule has 0 unspecified atom stereocenters. The van der Waals surface area contributed by atoms with Gasteiger partial charge in [0.25, 0.3) is 0 Å². The third-order valence-electron chi connectivity index (χ3n) is 3.07. The Bertz CT molecular complexity index is 759. The average molecular weight is 334 g/mol. The van der Waals surface area contributed by atoms with E-state index < -0.39 is 0 Å². The summed E-state index contributed by atoms with van der Waals surface area (Å²) in [4.78, 5) is 0. The zero-order chi connectivity index (χ0) is 15.4. The van der Waals surface area contributed by atoms with Crippen LogP contribution in [-0.2, 0) is 13.0 Å². The summed E-state index contributed by atoms with van der Waals surface area (Å²) < 4.78 is 5.62. The first-order chi connectivity index (χ1) is 10.7. The standard InChI is InChI=1S/C16H13Cl2N3O/c17-12-6-7-13(18)14(9-12)19-10-16-21-20-15(22-16)8-11-4-2-1-3-5-11/h1-7,9,19H,8,10H2. The lowest BCUT2D eigenvalue weighted by Gasteiger charge is -2.06. The second-order valence-corrected chi connectivity index (χ2v) is 5.57. The summed E-state index contributed by atoms with van der Waals surface area (Å²) in [6.45, 7) is 0.391. The fourth-order valence-corrected chi connectivity index (χ4v) is 2.36. The first-order valence-corrected chi connectivity index (χ1v) is 7.50. The maximum Gasteiger partial charge on any atom is 0.235 e. The van der Waals surface area contributed by atoms with Crippen LogP contribution in [0.25, 0.3) is 0 Å². The molecule has 112 valence electrons. The van der Waals surface area contributed by atoms with Gasteiger partial charge in [-0.3, -0.25) is 0 Å². The van der Waals surface area contributed by atoms with E-state index in [1.807, 2.05) is 30.3 Å². The van der Waals surface area contributed by atoms with Crippen LogP contribution in [-0.4, -0.2) is 10.2 Å². The molecule has 0 bridgehead atoms. The molecule has 0 fully saturated rings. The number of nitrogens with one attached hydrogen (secondary N) is 1. The molecule has 6 heteroatoms. The number of hydrogen-bond donors (Lipinski definition) is 1. The van der Waals surface area contributed by atoms with Crippen LogP contribution in [0.3, 0.4) is 0 Å². The second-order valence-electron chi connectivity index (χ2n) is 4.73. The highest BCUT2D eigenvalue weighted by Gasteiger charge is 2.08. The lowest BCUT2D eigenvalue weighted by Crippen LogP contribution is -2.00. The Morgan fingerprint density at radius 2 is 1.73 bits per heavy atom. The summed E-state index contributed by atoms with van der Waals surface area (Å²) in [5.41, 5.74) is 1.86. The van der Waals surface area contributed by atoms with Crippen LogP contribution >= 0.6 is 23.2 Å². The van der Waals surface area contributed by atoms with Crippen LogP contribution < -0.4 is 5.32 Å². The highest BCUT2D eigenvalue weighted by atomic mass is 35.5. The van der Waals surface area contributed by atoms with Gasteiger partial charge in [0.15, 0.2) is 0 Å². The van der Waals surface area contributed by atoms with Crippen molar-refractivity contribution in [2.24, 2.45) is 0 Å². The molecule has 22 heavy (non-hydrogen) atoms. The van der Waals surface area contributed by atoms with Gasteiger partial charge in [0, 0.05) is 5.02 Å². The number of rotatable bonds is 5. The Morgan fingerprint density at radius 1 is 0.955 bits per heavy atom. The van der Waals surface area contributed by atoms with E-state index in [1.54, 1.807) is 18.2 Å². The number of hydrogen-bond acceptors (Lipinski definition) is 4. The summed E-state index contributed by atoms with van der Waals surface area (Å²) >= 11 is 12.0. The summed E-state index contributed by atoms with van der Waals surface area (Å²) in [5, 5.41) is 12.4. The maximum absolute atomic E-state index is 6.09. The first kappa shape index (κ1) is 14.9. The molecule has 0 radical (unpaired) electrons. The first-order valence-electron chi connectivity index (χ1n) is 6.75. The van der Waals surface area contributed by atoms with E-state index in [4.69, 9.17) is 27.6 Å². The topological polar surface area (TPSA) is 51.0 Å². The Kier molecular flexibility index (Phi) is 4.61. The molecule has 1 N–H and O–H groups in total. The minimum Gasteiger partial charge on any atom is -0.423 e. The molecule has 1 aromatic heterocycles. The van der Waals surface area contributed by atoms with Crippen LogP contribution in [0.1, 0.15) is 17.3 Å². The Labute approximate surface area is 138 Å². The number of nitrogens with zero attached hydrogens (tertiary/aromatic N) is 2. The third kappa shape index (κ3) is 3.78. The molecular weight excluding hydrogens is 321 g/mol. The van der Waals surface area contributed by atoms with E-state index in [0.717, 1.165) is 11.3 Å². The normalized spacial score (nSPS) is 10.6. The molecule has 3 aromatic rings. The predicted octanol–water partition coefficient (Wildman–Crippen LogP) is 4.58. The van der Waals surface area contributed by atoms with Gasteiger partial charge in [-0.25, -0.2) is 0 Å². The summed E-state index contributed by atoms with van der Waals surface area (Å²) in [6, 6.07) is 15.2. The molecule has 3 rings (SSSR count).